The van der Waals surface area contributed by atoms with E-state index in [1.807, 2.05) is 13.0 Å². The Hall–Kier alpha value is -2.87. The molecule has 0 fully saturated rings. The third kappa shape index (κ3) is 6.17. The van der Waals surface area contributed by atoms with E-state index in [2.05, 4.69) is 52.6 Å². The van der Waals surface area contributed by atoms with Crippen molar-refractivity contribution >= 4 is 23.7 Å². The molecule has 0 aliphatic heterocycles. The fraction of sp³-hybridized carbons (Fsp3) is 0.345. The van der Waals surface area contributed by atoms with Crippen LogP contribution in [0.25, 0.3) is 0 Å². The van der Waals surface area contributed by atoms with Crippen LogP contribution in [-0.4, -0.2) is 12.8 Å². The Bertz CT molecular complexity index is 1310. The van der Waals surface area contributed by atoms with E-state index in [9.17, 15) is 22.0 Å². The Kier molecular flexibility index (Phi) is 8.42. The minimum absolute atomic E-state index is 0.160. The summed E-state index contributed by atoms with van der Waals surface area (Å²) in [5.41, 5.74) is 2.71. The molecule has 0 unspecified atom stereocenters. The topological polar surface area (TPSA) is 21.6 Å². The van der Waals surface area contributed by atoms with Crippen LogP contribution in [0.4, 0.5) is 27.6 Å². The lowest BCUT2D eigenvalue weighted by Crippen LogP contribution is -2.19. The zero-order valence-electron chi connectivity index (χ0n) is 21.9. The third-order valence-corrected chi connectivity index (χ3v) is 6.80. The monoisotopic (exact) mass is 535 g/mol. The van der Waals surface area contributed by atoms with Crippen LogP contribution in [0, 0.1) is 29.1 Å². The van der Waals surface area contributed by atoms with Gasteiger partial charge in [0.25, 0.3) is 0 Å². The molecule has 2 nitrogen and oxygen atoms in total. The largest absolute Gasteiger partial charge is 0.493 e. The van der Waals surface area contributed by atoms with Crippen LogP contribution < -0.4 is 4.74 Å². The van der Waals surface area contributed by atoms with Crippen molar-refractivity contribution in [1.29, 1.82) is 0 Å². The van der Waals surface area contributed by atoms with Crippen LogP contribution >= 0.6 is 11.8 Å². The smallest absolute Gasteiger partial charge is 0.200 e. The maximum Gasteiger partial charge on any atom is 0.200 e. The van der Waals surface area contributed by atoms with Gasteiger partial charge in [0.1, 0.15) is 5.75 Å². The number of hydrogen-bond donors (Lipinski definition) is 0. The molecule has 0 bridgehead atoms. The minimum atomic E-state index is -2.19. The van der Waals surface area contributed by atoms with Gasteiger partial charge >= 0.3 is 0 Å². The van der Waals surface area contributed by atoms with Crippen LogP contribution in [0.5, 0.6) is 5.75 Å². The molecule has 0 aromatic heterocycles. The summed E-state index contributed by atoms with van der Waals surface area (Å²) in [7, 11) is 0. The van der Waals surface area contributed by atoms with Crippen molar-refractivity contribution < 1.29 is 26.7 Å². The Morgan fingerprint density at radius 2 is 1.38 bits per heavy atom. The molecule has 0 N–H and O–H groups in total. The van der Waals surface area contributed by atoms with E-state index >= 15 is 0 Å². The number of halogens is 5. The molecule has 0 atom stereocenters. The van der Waals surface area contributed by atoms with Gasteiger partial charge in [-0.2, -0.15) is 0 Å². The van der Waals surface area contributed by atoms with E-state index in [1.165, 1.54) is 6.07 Å². The third-order valence-electron chi connectivity index (χ3n) is 5.67. The molecule has 0 saturated carbocycles. The summed E-state index contributed by atoms with van der Waals surface area (Å²) in [4.78, 5) is 3.79. The van der Waals surface area contributed by atoms with Crippen molar-refractivity contribution in [2.24, 2.45) is 4.99 Å². The highest BCUT2D eigenvalue weighted by atomic mass is 32.2. The number of hydrogen-bond acceptors (Lipinski definition) is 3. The first-order chi connectivity index (χ1) is 17.2. The highest BCUT2D eigenvalue weighted by molar-refractivity contribution is 7.99. The van der Waals surface area contributed by atoms with Crippen LogP contribution in [0.15, 0.2) is 51.2 Å². The van der Waals surface area contributed by atoms with Gasteiger partial charge in [-0.05, 0) is 41.5 Å². The number of nitrogens with zero attached hydrogens (tertiary/aromatic N) is 1. The number of aliphatic imine (C=N–C) groups is 1. The number of para-hydroxylation sites is 1. The van der Waals surface area contributed by atoms with Crippen molar-refractivity contribution in [3.8, 4) is 5.75 Å². The molecule has 3 rings (SSSR count). The molecule has 3 aromatic rings. The van der Waals surface area contributed by atoms with E-state index in [0.29, 0.717) is 29.8 Å². The van der Waals surface area contributed by atoms with Crippen molar-refractivity contribution in [2.45, 2.75) is 69.1 Å². The molecule has 0 spiro atoms. The Morgan fingerprint density at radius 1 is 0.811 bits per heavy atom. The lowest BCUT2D eigenvalue weighted by molar-refractivity contribution is 0.329. The second kappa shape index (κ2) is 10.9. The van der Waals surface area contributed by atoms with Gasteiger partial charge in [0.15, 0.2) is 23.3 Å². The minimum Gasteiger partial charge on any atom is -0.493 e. The molecule has 0 amide bonds. The molecule has 0 radical (unpaired) electrons. The summed E-state index contributed by atoms with van der Waals surface area (Å²) in [5, 5.41) is 0. The molecule has 0 aliphatic rings. The number of ether oxygens (including phenoxy) is 1. The van der Waals surface area contributed by atoms with E-state index in [4.69, 9.17) is 4.74 Å². The van der Waals surface area contributed by atoms with Gasteiger partial charge in [-0.3, -0.25) is 4.99 Å². The fourth-order valence-corrected chi connectivity index (χ4v) is 4.57. The average Bonchev–Trinajstić information content (AvgIpc) is 2.82. The number of rotatable bonds is 6. The molecule has 37 heavy (non-hydrogen) atoms. The van der Waals surface area contributed by atoms with Crippen molar-refractivity contribution in [1.82, 2.24) is 0 Å². The standard InChI is InChI=1S/C29H30F5NOS/c1-8-36-26-16(13-17(28(2,3)4)14-18(26)29(5,6)7)15-35-19-11-9-10-12-20(19)37-27-24(33)22(31)21(30)23(32)25(27)34/h9-15H,8H2,1-7H3. The molecular formula is C29H30F5NOS. The first kappa shape index (κ1) is 28.7. The van der Waals surface area contributed by atoms with Crippen LogP contribution in [-0.2, 0) is 10.8 Å². The van der Waals surface area contributed by atoms with Gasteiger partial charge in [-0.25, -0.2) is 22.0 Å². The summed E-state index contributed by atoms with van der Waals surface area (Å²) in [6.07, 6.45) is 1.60. The Labute approximate surface area is 219 Å². The molecular weight excluding hydrogens is 505 g/mol. The molecule has 3 aromatic carbocycles. The zero-order valence-corrected chi connectivity index (χ0v) is 22.7. The second-order valence-electron chi connectivity index (χ2n) is 10.6. The fourth-order valence-electron chi connectivity index (χ4n) is 3.62. The maximum atomic E-state index is 14.3. The van der Waals surface area contributed by atoms with Crippen LogP contribution in [0.3, 0.4) is 0 Å². The zero-order chi connectivity index (χ0) is 27.7. The van der Waals surface area contributed by atoms with Gasteiger partial charge in [0.2, 0.25) is 5.82 Å². The number of benzene rings is 3. The summed E-state index contributed by atoms with van der Waals surface area (Å²) >= 11 is 0.427. The molecule has 0 saturated heterocycles. The Balaban J connectivity index is 2.14. The summed E-state index contributed by atoms with van der Waals surface area (Å²) in [5.74, 6) is -9.26. The van der Waals surface area contributed by atoms with Gasteiger partial charge in [0, 0.05) is 22.2 Å². The maximum absolute atomic E-state index is 14.3. The van der Waals surface area contributed by atoms with Crippen molar-refractivity contribution in [2.75, 3.05) is 6.61 Å². The summed E-state index contributed by atoms with van der Waals surface area (Å²) in [6, 6.07) is 10.5. The van der Waals surface area contributed by atoms with E-state index in [1.54, 1.807) is 24.4 Å². The average molecular weight is 536 g/mol. The summed E-state index contributed by atoms with van der Waals surface area (Å²) in [6.45, 7) is 14.9. The quantitative estimate of drug-likeness (QED) is 0.136. The van der Waals surface area contributed by atoms with E-state index in [-0.39, 0.29) is 15.7 Å². The van der Waals surface area contributed by atoms with E-state index < -0.39 is 34.0 Å². The Morgan fingerprint density at radius 3 is 1.92 bits per heavy atom. The molecule has 0 aliphatic carbocycles. The highest BCUT2D eigenvalue weighted by Gasteiger charge is 2.28. The normalized spacial score (nSPS) is 12.4. The second-order valence-corrected chi connectivity index (χ2v) is 11.7. The first-order valence-electron chi connectivity index (χ1n) is 11.8. The molecule has 8 heteroatoms. The SMILES string of the molecule is CCOc1c(C=Nc2ccccc2Sc2c(F)c(F)c(F)c(F)c2F)cc(C(C)(C)C)cc1C(C)(C)C. The first-order valence-corrected chi connectivity index (χ1v) is 12.6. The predicted octanol–water partition coefficient (Wildman–Crippen LogP) is 9.28. The van der Waals surface area contributed by atoms with E-state index in [0.717, 1.165) is 16.7 Å². The van der Waals surface area contributed by atoms with Gasteiger partial charge in [0.05, 0.1) is 17.2 Å². The van der Waals surface area contributed by atoms with Crippen LogP contribution in [0.2, 0.25) is 0 Å². The lowest BCUT2D eigenvalue weighted by atomic mass is 9.79. The highest BCUT2D eigenvalue weighted by Crippen LogP contribution is 2.41. The predicted molar refractivity (Wildman–Crippen MR) is 139 cm³/mol. The lowest BCUT2D eigenvalue weighted by Gasteiger charge is -2.28. The molecule has 0 heterocycles. The molecule has 198 valence electrons. The van der Waals surface area contributed by atoms with Gasteiger partial charge < -0.3 is 4.74 Å². The van der Waals surface area contributed by atoms with Crippen LogP contribution in [0.1, 0.15) is 65.2 Å². The summed E-state index contributed by atoms with van der Waals surface area (Å²) < 4.78 is 75.6. The van der Waals surface area contributed by atoms with Crippen molar-refractivity contribution in [3.05, 3.63) is 82.2 Å². The van der Waals surface area contributed by atoms with Gasteiger partial charge in [-0.1, -0.05) is 71.5 Å². The van der Waals surface area contributed by atoms with Gasteiger partial charge in [-0.15, -0.1) is 0 Å². The van der Waals surface area contributed by atoms with Crippen molar-refractivity contribution in [3.63, 3.8) is 0 Å².